The summed E-state index contributed by atoms with van der Waals surface area (Å²) in [5.41, 5.74) is 1.34. The van der Waals surface area contributed by atoms with Gasteiger partial charge in [-0.3, -0.25) is 0 Å². The highest BCUT2D eigenvalue weighted by atomic mass is 16.8. The van der Waals surface area contributed by atoms with Gasteiger partial charge in [-0.2, -0.15) is 0 Å². The smallest absolute Gasteiger partial charge is 0.463 e. The molecule has 2 aliphatic heterocycles. The van der Waals surface area contributed by atoms with Crippen LogP contribution >= 0.6 is 0 Å². The van der Waals surface area contributed by atoms with Crippen LogP contribution in [0, 0.1) is 0 Å². The number of hydrogen-bond donors (Lipinski definition) is 2. The summed E-state index contributed by atoms with van der Waals surface area (Å²) in [7, 11) is 2.85. The SMILES string of the molecule is CC.CC.CC1OC(=O)C(C)OC1=O.CCC(CCO)c1ccccc1.CCCOC(=O)C(C)OC(=O)OCC(COC(=O)C(C)OC(=O)C(C)O)OC.COC1COC(=O)OC1. The van der Waals surface area contributed by atoms with Crippen molar-refractivity contribution in [3.63, 3.8) is 0 Å². The van der Waals surface area contributed by atoms with Crippen molar-refractivity contribution in [1.29, 1.82) is 0 Å². The van der Waals surface area contributed by atoms with E-state index in [0.717, 1.165) is 12.8 Å². The van der Waals surface area contributed by atoms with Crippen molar-refractivity contribution in [2.75, 3.05) is 53.9 Å². The molecule has 0 amide bonds. The minimum Gasteiger partial charge on any atom is -0.463 e. The Morgan fingerprint density at radius 2 is 1.24 bits per heavy atom. The molecule has 3 rings (SSSR count). The fraction of sp³-hybridized carbons (Fsp3) is 0.698. The van der Waals surface area contributed by atoms with Crippen LogP contribution in [0.1, 0.15) is 107 Å². The first kappa shape index (κ1) is 62.2. The highest BCUT2D eigenvalue weighted by molar-refractivity contribution is 5.86. The Morgan fingerprint density at radius 1 is 0.746 bits per heavy atom. The van der Waals surface area contributed by atoms with E-state index in [-0.39, 0.29) is 32.5 Å². The van der Waals surface area contributed by atoms with E-state index in [4.69, 9.17) is 38.6 Å². The Morgan fingerprint density at radius 3 is 1.68 bits per heavy atom. The third-order valence-corrected chi connectivity index (χ3v) is 7.75. The first-order valence-electron chi connectivity index (χ1n) is 20.9. The zero-order valence-electron chi connectivity index (χ0n) is 39.1. The fourth-order valence-corrected chi connectivity index (χ4v) is 4.18. The van der Waals surface area contributed by atoms with Crippen LogP contribution in [0.2, 0.25) is 0 Å². The van der Waals surface area contributed by atoms with E-state index < -0.39 is 78.8 Å². The van der Waals surface area contributed by atoms with Gasteiger partial charge in [-0.25, -0.2) is 33.6 Å². The first-order chi connectivity index (χ1) is 29.9. The molecule has 0 bridgehead atoms. The van der Waals surface area contributed by atoms with Gasteiger partial charge in [0.25, 0.3) is 0 Å². The molecule has 0 spiro atoms. The van der Waals surface area contributed by atoms with Crippen molar-refractivity contribution in [2.45, 2.75) is 144 Å². The average Bonchev–Trinajstić information content (AvgIpc) is 3.29. The second-order valence-electron chi connectivity index (χ2n) is 12.6. The van der Waals surface area contributed by atoms with Gasteiger partial charge < -0.3 is 62.3 Å². The highest BCUT2D eigenvalue weighted by Gasteiger charge is 2.32. The van der Waals surface area contributed by atoms with Gasteiger partial charge in [0, 0.05) is 20.8 Å². The van der Waals surface area contributed by atoms with E-state index in [9.17, 15) is 33.6 Å². The van der Waals surface area contributed by atoms with Gasteiger partial charge in [0.05, 0.1) is 6.61 Å². The third-order valence-electron chi connectivity index (χ3n) is 7.75. The van der Waals surface area contributed by atoms with Crippen LogP contribution in [0.4, 0.5) is 9.59 Å². The first-order valence-corrected chi connectivity index (χ1v) is 20.9. The van der Waals surface area contributed by atoms with E-state index in [0.29, 0.717) is 25.6 Å². The summed E-state index contributed by atoms with van der Waals surface area (Å²) >= 11 is 0. The van der Waals surface area contributed by atoms with Gasteiger partial charge in [-0.05, 0) is 65.4 Å². The molecule has 63 heavy (non-hydrogen) atoms. The lowest BCUT2D eigenvalue weighted by Gasteiger charge is -2.22. The predicted octanol–water partition coefficient (Wildman–Crippen LogP) is 5.00. The molecule has 2 heterocycles. The molecule has 2 aliphatic rings. The maximum absolute atomic E-state index is 11.7. The average molecular weight is 909 g/mol. The molecule has 1 aromatic carbocycles. The van der Waals surface area contributed by atoms with Crippen molar-refractivity contribution in [2.24, 2.45) is 0 Å². The van der Waals surface area contributed by atoms with Crippen molar-refractivity contribution < 1.29 is 95.9 Å². The van der Waals surface area contributed by atoms with Gasteiger partial charge >= 0.3 is 42.2 Å². The number of aliphatic hydroxyl groups is 2. The van der Waals surface area contributed by atoms with Gasteiger partial charge in [0.15, 0.2) is 24.4 Å². The molecule has 2 fully saturated rings. The summed E-state index contributed by atoms with van der Waals surface area (Å²) in [5, 5.41) is 17.9. The van der Waals surface area contributed by atoms with Crippen molar-refractivity contribution in [1.82, 2.24) is 0 Å². The molecule has 0 saturated carbocycles. The number of rotatable bonds is 17. The standard InChI is InChI=1S/C17H28O11.C11H16O.C6H8O4.C5H8O4.2C2H6/c1-6-7-24-15(20)12(4)28-17(22)26-9-13(23-5)8-25-16(21)11(3)27-14(19)10(2)18;1-2-10(8-9-12)11-6-4-3-5-7-11;1-3-5(7)10-4(2)6(8)9-3;1-7-4-2-8-5(6)9-3-4;2*1-2/h10-13,18H,6-9H2,1-5H3;3-7,10,12H,2,8-9H2,1H3;3-4H,1-2H3;4H,2-3H2,1H3;2*1-2H3. The normalized spacial score (nSPS) is 17.4. The number of cyclic esters (lactones) is 4. The van der Waals surface area contributed by atoms with E-state index in [1.165, 1.54) is 47.3 Å². The lowest BCUT2D eigenvalue weighted by atomic mass is 9.94. The Labute approximate surface area is 371 Å². The molecule has 0 aromatic heterocycles. The third kappa shape index (κ3) is 29.8. The lowest BCUT2D eigenvalue weighted by Crippen LogP contribution is -2.40. The summed E-state index contributed by atoms with van der Waals surface area (Å²) in [6, 6.07) is 10.4. The summed E-state index contributed by atoms with van der Waals surface area (Å²) in [6.07, 6.45) is -5.27. The molecular formula is C43H72O20. The zero-order valence-corrected chi connectivity index (χ0v) is 39.1. The minimum absolute atomic E-state index is 0.0947. The predicted molar refractivity (Wildman–Crippen MR) is 225 cm³/mol. The molecule has 364 valence electrons. The van der Waals surface area contributed by atoms with Gasteiger partial charge in [-0.1, -0.05) is 71.9 Å². The largest absolute Gasteiger partial charge is 0.509 e. The Kier molecular flexibility index (Phi) is 38.1. The van der Waals surface area contributed by atoms with E-state index in [1.54, 1.807) is 7.11 Å². The molecule has 2 N–H and O–H groups in total. The number of carbonyl (C=O) groups excluding carboxylic acids is 7. The molecule has 7 unspecified atom stereocenters. The van der Waals surface area contributed by atoms with Crippen LogP contribution in [-0.2, 0) is 76.1 Å². The van der Waals surface area contributed by atoms with Crippen LogP contribution in [0.25, 0.3) is 0 Å². The van der Waals surface area contributed by atoms with Crippen LogP contribution < -0.4 is 0 Å². The van der Waals surface area contributed by atoms with Crippen LogP contribution in [0.3, 0.4) is 0 Å². The number of methoxy groups -OCH3 is 2. The highest BCUT2D eigenvalue weighted by Crippen LogP contribution is 2.22. The molecule has 2 saturated heterocycles. The van der Waals surface area contributed by atoms with Crippen molar-refractivity contribution in [3.8, 4) is 0 Å². The number of hydrogen-bond acceptors (Lipinski definition) is 20. The number of aliphatic hydroxyl groups excluding tert-OH is 2. The topological polar surface area (TPSA) is 261 Å². The quantitative estimate of drug-likeness (QED) is 0.154. The molecule has 1 aromatic rings. The molecule has 0 radical (unpaired) electrons. The second-order valence-corrected chi connectivity index (χ2v) is 12.6. The maximum Gasteiger partial charge on any atom is 0.509 e. The second kappa shape index (κ2) is 38.6. The van der Waals surface area contributed by atoms with Gasteiger partial charge in [0.2, 0.25) is 0 Å². The number of esters is 5. The molecule has 20 heteroatoms. The van der Waals surface area contributed by atoms with E-state index in [1.807, 2.05) is 40.7 Å². The Balaban J connectivity index is -0.000000837. The molecular weight excluding hydrogens is 836 g/mol. The number of ether oxygens (including phenoxy) is 11. The van der Waals surface area contributed by atoms with Gasteiger partial charge in [0.1, 0.15) is 44.7 Å². The molecule has 0 aliphatic carbocycles. The fourth-order valence-electron chi connectivity index (χ4n) is 4.18. The van der Waals surface area contributed by atoms with Gasteiger partial charge in [-0.15, -0.1) is 0 Å². The maximum atomic E-state index is 11.7. The minimum atomic E-state index is -1.37. The van der Waals surface area contributed by atoms with E-state index in [2.05, 4.69) is 54.9 Å². The zero-order chi connectivity index (χ0) is 48.9. The van der Waals surface area contributed by atoms with Crippen LogP contribution in [0.5, 0.6) is 0 Å². The summed E-state index contributed by atoms with van der Waals surface area (Å²) in [6.45, 7) is 19.2. The molecule has 20 nitrogen and oxygen atoms in total. The summed E-state index contributed by atoms with van der Waals surface area (Å²) in [5.74, 6) is -2.97. The Hall–Kier alpha value is -5.05. The lowest BCUT2D eigenvalue weighted by molar-refractivity contribution is -0.191. The summed E-state index contributed by atoms with van der Waals surface area (Å²) < 4.78 is 52.0. The number of benzene rings is 1. The van der Waals surface area contributed by atoms with Crippen molar-refractivity contribution >= 4 is 42.2 Å². The molecule has 7 atom stereocenters. The van der Waals surface area contributed by atoms with Crippen LogP contribution in [0.15, 0.2) is 30.3 Å². The monoisotopic (exact) mass is 908 g/mol. The Bertz CT molecular complexity index is 1370. The number of carbonyl (C=O) groups is 7. The van der Waals surface area contributed by atoms with Crippen molar-refractivity contribution in [3.05, 3.63) is 35.9 Å². The summed E-state index contributed by atoms with van der Waals surface area (Å²) in [4.78, 5) is 77.6. The van der Waals surface area contributed by atoms with Crippen LogP contribution in [-0.4, -0.2) is 149 Å². The van der Waals surface area contributed by atoms with E-state index >= 15 is 0 Å².